The Balaban J connectivity index is 1.53. The molecule has 0 amide bonds. The number of ether oxygens (including phenoxy) is 1. The van der Waals surface area contributed by atoms with Crippen molar-refractivity contribution in [1.82, 2.24) is 10.1 Å². The number of thiophene rings is 1. The van der Waals surface area contributed by atoms with Gasteiger partial charge in [0.15, 0.2) is 6.61 Å². The fourth-order valence-corrected chi connectivity index (χ4v) is 2.59. The summed E-state index contributed by atoms with van der Waals surface area (Å²) in [6, 6.07) is 6.23. The van der Waals surface area contributed by atoms with Gasteiger partial charge in [-0.3, -0.25) is 0 Å². The van der Waals surface area contributed by atoms with Crippen molar-refractivity contribution >= 4 is 23.4 Å². The third-order valence-corrected chi connectivity index (χ3v) is 3.92. The molecule has 0 radical (unpaired) electrons. The minimum Gasteiger partial charge on any atom is -0.452 e. The third kappa shape index (κ3) is 4.57. The van der Waals surface area contributed by atoms with Gasteiger partial charge in [-0.15, -0.1) is 0 Å². The number of benzene rings is 1. The molecule has 0 aliphatic heterocycles. The number of hydrogen-bond acceptors (Lipinski definition) is 6. The zero-order valence-corrected chi connectivity index (χ0v) is 13.9. The minimum absolute atomic E-state index is 0.141. The van der Waals surface area contributed by atoms with Crippen molar-refractivity contribution in [2.75, 3.05) is 0 Å². The smallest absolute Gasteiger partial charge is 0.416 e. The third-order valence-electron chi connectivity index (χ3n) is 3.24. The van der Waals surface area contributed by atoms with E-state index in [1.807, 2.05) is 16.8 Å². The lowest BCUT2D eigenvalue weighted by Crippen LogP contribution is -2.04. The van der Waals surface area contributed by atoms with Crippen molar-refractivity contribution in [3.63, 3.8) is 0 Å². The van der Waals surface area contributed by atoms with Gasteiger partial charge < -0.3 is 9.26 Å². The van der Waals surface area contributed by atoms with Crippen molar-refractivity contribution in [2.45, 2.75) is 12.8 Å². The van der Waals surface area contributed by atoms with Gasteiger partial charge in [-0.25, -0.2) is 4.79 Å². The second kappa shape index (κ2) is 7.52. The molecule has 3 rings (SSSR count). The molecule has 0 spiro atoms. The Hall–Kier alpha value is -2.94. The lowest BCUT2D eigenvalue weighted by atomic mass is 10.1. The van der Waals surface area contributed by atoms with E-state index in [4.69, 9.17) is 9.26 Å². The van der Waals surface area contributed by atoms with Gasteiger partial charge in [0, 0.05) is 17.0 Å². The zero-order chi connectivity index (χ0) is 18.6. The molecule has 0 aliphatic carbocycles. The van der Waals surface area contributed by atoms with E-state index in [2.05, 4.69) is 10.1 Å². The summed E-state index contributed by atoms with van der Waals surface area (Å²) in [6.45, 7) is -0.201. The van der Waals surface area contributed by atoms with Gasteiger partial charge in [-0.1, -0.05) is 17.3 Å². The molecule has 0 fully saturated rings. The lowest BCUT2D eigenvalue weighted by molar-refractivity contribution is -0.140. The first-order valence-electron chi connectivity index (χ1n) is 7.29. The van der Waals surface area contributed by atoms with Crippen molar-refractivity contribution in [2.24, 2.45) is 0 Å². The number of alkyl halides is 3. The molecule has 0 bridgehead atoms. The molecule has 2 heterocycles. The maximum atomic E-state index is 12.5. The Morgan fingerprint density at radius 3 is 2.65 bits per heavy atom. The van der Waals surface area contributed by atoms with Gasteiger partial charge in [-0.2, -0.15) is 29.5 Å². The highest BCUT2D eigenvalue weighted by molar-refractivity contribution is 7.08. The van der Waals surface area contributed by atoms with Gasteiger partial charge >= 0.3 is 12.1 Å². The van der Waals surface area contributed by atoms with E-state index in [0.29, 0.717) is 11.4 Å². The summed E-state index contributed by atoms with van der Waals surface area (Å²) in [5.74, 6) is -0.139. The molecule has 5 nitrogen and oxygen atoms in total. The fraction of sp³-hybridized carbons (Fsp3) is 0.118. The molecule has 9 heteroatoms. The summed E-state index contributed by atoms with van der Waals surface area (Å²) in [4.78, 5) is 15.8. The van der Waals surface area contributed by atoms with E-state index in [1.165, 1.54) is 29.5 Å². The molecule has 2 aromatic heterocycles. The number of carbonyl (C=O) groups excluding carboxylic acids is 1. The molecular weight excluding hydrogens is 369 g/mol. The van der Waals surface area contributed by atoms with Gasteiger partial charge in [0.2, 0.25) is 5.82 Å². The first kappa shape index (κ1) is 17.9. The van der Waals surface area contributed by atoms with E-state index in [1.54, 1.807) is 0 Å². The normalized spacial score (nSPS) is 11.8. The highest BCUT2D eigenvalue weighted by atomic mass is 32.1. The topological polar surface area (TPSA) is 65.2 Å². The maximum Gasteiger partial charge on any atom is 0.416 e. The first-order valence-corrected chi connectivity index (χ1v) is 8.23. The number of esters is 1. The fourth-order valence-electron chi connectivity index (χ4n) is 1.95. The average molecular weight is 380 g/mol. The standard InChI is InChI=1S/C17H11F3N2O3S/c18-17(19,20)13-4-1-11(2-5-13)3-6-15(23)24-9-14-21-16(22-25-14)12-7-8-26-10-12/h1-8,10H,9H2/b6-3+. The summed E-state index contributed by atoms with van der Waals surface area (Å²) in [5.41, 5.74) is 0.487. The van der Waals surface area contributed by atoms with Crippen LogP contribution in [0, 0.1) is 0 Å². The van der Waals surface area contributed by atoms with Gasteiger partial charge in [0.05, 0.1) is 5.56 Å². The van der Waals surface area contributed by atoms with Crippen LogP contribution in [0.3, 0.4) is 0 Å². The Kier molecular flexibility index (Phi) is 5.17. The van der Waals surface area contributed by atoms with Crippen LogP contribution in [0.5, 0.6) is 0 Å². The molecule has 1 aromatic carbocycles. The molecule has 0 unspecified atom stereocenters. The van der Waals surface area contributed by atoms with Crippen LogP contribution in [-0.2, 0) is 22.3 Å². The number of nitrogens with zero attached hydrogens (tertiary/aromatic N) is 2. The first-order chi connectivity index (χ1) is 12.4. The van der Waals surface area contributed by atoms with Crippen LogP contribution < -0.4 is 0 Å². The quantitative estimate of drug-likeness (QED) is 0.479. The van der Waals surface area contributed by atoms with E-state index in [0.717, 1.165) is 23.8 Å². The van der Waals surface area contributed by atoms with E-state index in [9.17, 15) is 18.0 Å². The van der Waals surface area contributed by atoms with E-state index < -0.39 is 17.7 Å². The van der Waals surface area contributed by atoms with Crippen LogP contribution in [0.15, 0.2) is 51.7 Å². The summed E-state index contributed by atoms with van der Waals surface area (Å²) >= 11 is 1.49. The minimum atomic E-state index is -4.40. The lowest BCUT2D eigenvalue weighted by Gasteiger charge is -2.05. The predicted molar refractivity (Wildman–Crippen MR) is 87.9 cm³/mol. The van der Waals surface area contributed by atoms with Crippen LogP contribution >= 0.6 is 11.3 Å². The molecule has 0 saturated carbocycles. The highest BCUT2D eigenvalue weighted by Gasteiger charge is 2.29. The second-order valence-corrected chi connectivity index (χ2v) is 5.86. The SMILES string of the molecule is O=C(/C=C/c1ccc(C(F)(F)F)cc1)OCc1nc(-c2ccsc2)no1. The number of hydrogen-bond donors (Lipinski definition) is 0. The molecular formula is C17H11F3N2O3S. The molecule has 0 N–H and O–H groups in total. The Morgan fingerprint density at radius 2 is 2.00 bits per heavy atom. The van der Waals surface area contributed by atoms with Gasteiger partial charge in [0.1, 0.15) is 0 Å². The number of halogens is 3. The largest absolute Gasteiger partial charge is 0.452 e. The van der Waals surface area contributed by atoms with Crippen molar-refractivity contribution in [3.05, 3.63) is 64.2 Å². The van der Waals surface area contributed by atoms with Crippen LogP contribution in [0.1, 0.15) is 17.0 Å². The van der Waals surface area contributed by atoms with Crippen LogP contribution in [0.25, 0.3) is 17.5 Å². The van der Waals surface area contributed by atoms with Gasteiger partial charge in [0.25, 0.3) is 5.89 Å². The van der Waals surface area contributed by atoms with Crippen LogP contribution in [-0.4, -0.2) is 16.1 Å². The molecule has 0 atom stereocenters. The highest BCUT2D eigenvalue weighted by Crippen LogP contribution is 2.29. The monoisotopic (exact) mass is 380 g/mol. The zero-order valence-electron chi connectivity index (χ0n) is 13.1. The van der Waals surface area contributed by atoms with Crippen LogP contribution in [0.2, 0.25) is 0 Å². The summed E-state index contributed by atoms with van der Waals surface area (Å²) < 4.78 is 47.4. The van der Waals surface area contributed by atoms with Crippen LogP contribution in [0.4, 0.5) is 13.2 Å². The summed E-state index contributed by atoms with van der Waals surface area (Å²) in [6.07, 6.45) is -1.93. The van der Waals surface area contributed by atoms with Crippen molar-refractivity contribution in [1.29, 1.82) is 0 Å². The van der Waals surface area contributed by atoms with E-state index >= 15 is 0 Å². The Bertz CT molecular complexity index is 900. The Labute approximate surface area is 149 Å². The average Bonchev–Trinajstić information content (AvgIpc) is 3.29. The second-order valence-electron chi connectivity index (χ2n) is 5.08. The maximum absolute atomic E-state index is 12.5. The predicted octanol–water partition coefficient (Wildman–Crippen LogP) is 4.57. The molecule has 0 aliphatic rings. The molecule has 0 saturated heterocycles. The van der Waals surface area contributed by atoms with Crippen molar-refractivity contribution in [3.8, 4) is 11.4 Å². The molecule has 26 heavy (non-hydrogen) atoms. The molecule has 3 aromatic rings. The van der Waals surface area contributed by atoms with E-state index in [-0.39, 0.29) is 12.5 Å². The molecule has 134 valence electrons. The summed E-state index contributed by atoms with van der Waals surface area (Å²) in [7, 11) is 0. The number of aromatic nitrogens is 2. The summed E-state index contributed by atoms with van der Waals surface area (Å²) in [5, 5.41) is 7.50. The Morgan fingerprint density at radius 1 is 1.23 bits per heavy atom. The number of carbonyl (C=O) groups is 1. The van der Waals surface area contributed by atoms with Crippen molar-refractivity contribution < 1.29 is 27.2 Å². The van der Waals surface area contributed by atoms with Gasteiger partial charge in [-0.05, 0) is 35.2 Å². The number of rotatable bonds is 5.